The van der Waals surface area contributed by atoms with E-state index in [4.69, 9.17) is 0 Å². The minimum Gasteiger partial charge on any atom is -0.507 e. The zero-order valence-electron chi connectivity index (χ0n) is 9.15. The van der Waals surface area contributed by atoms with E-state index < -0.39 is 0 Å². The van der Waals surface area contributed by atoms with Gasteiger partial charge < -0.3 is 10.4 Å². The fourth-order valence-corrected chi connectivity index (χ4v) is 2.66. The third-order valence-corrected chi connectivity index (χ3v) is 3.67. The summed E-state index contributed by atoms with van der Waals surface area (Å²) in [7, 11) is 0. The molecule has 0 aliphatic carbocycles. The van der Waals surface area contributed by atoms with Crippen LogP contribution in [0.1, 0.15) is 10.4 Å². The predicted molar refractivity (Wildman–Crippen MR) is 77.9 cm³/mol. The maximum absolute atomic E-state index is 12.0. The van der Waals surface area contributed by atoms with Gasteiger partial charge in [0.05, 0.1) is 11.3 Å². The first-order valence-electron chi connectivity index (χ1n) is 5.13. The Morgan fingerprint density at radius 3 is 2.22 bits per heavy atom. The van der Waals surface area contributed by atoms with Crippen LogP contribution in [0, 0.1) is 0 Å². The molecular formula is C13H9Br2NO2. The Kier molecular flexibility index (Phi) is 4.04. The Morgan fingerprint density at radius 1 is 1.00 bits per heavy atom. The average Bonchev–Trinajstić information content (AvgIpc) is 2.34. The van der Waals surface area contributed by atoms with Gasteiger partial charge in [-0.15, -0.1) is 0 Å². The summed E-state index contributed by atoms with van der Waals surface area (Å²) >= 11 is 6.72. The number of amides is 1. The first-order chi connectivity index (χ1) is 8.59. The molecule has 0 radical (unpaired) electrons. The van der Waals surface area contributed by atoms with Crippen molar-refractivity contribution in [2.75, 3.05) is 5.32 Å². The molecule has 92 valence electrons. The highest BCUT2D eigenvalue weighted by atomic mass is 79.9. The van der Waals surface area contributed by atoms with E-state index in [1.165, 1.54) is 6.07 Å². The second-order valence-corrected chi connectivity index (χ2v) is 5.28. The van der Waals surface area contributed by atoms with E-state index in [1.54, 1.807) is 18.2 Å². The van der Waals surface area contributed by atoms with E-state index in [0.717, 1.165) is 8.95 Å². The molecule has 2 rings (SSSR count). The molecule has 0 saturated carbocycles. The Bertz CT molecular complexity index is 579. The number of phenols is 1. The van der Waals surface area contributed by atoms with Crippen LogP contribution < -0.4 is 5.32 Å². The number of rotatable bonds is 2. The van der Waals surface area contributed by atoms with E-state index in [0.29, 0.717) is 5.69 Å². The molecule has 2 N–H and O–H groups in total. The van der Waals surface area contributed by atoms with Crippen LogP contribution in [0.15, 0.2) is 51.4 Å². The van der Waals surface area contributed by atoms with Gasteiger partial charge in [-0.25, -0.2) is 0 Å². The van der Waals surface area contributed by atoms with E-state index >= 15 is 0 Å². The molecule has 18 heavy (non-hydrogen) atoms. The molecule has 2 aromatic carbocycles. The van der Waals surface area contributed by atoms with Gasteiger partial charge in [0.15, 0.2) is 0 Å². The molecule has 1 amide bonds. The molecule has 0 aromatic heterocycles. The van der Waals surface area contributed by atoms with Gasteiger partial charge in [-0.1, -0.05) is 18.2 Å². The summed E-state index contributed by atoms with van der Waals surface area (Å²) < 4.78 is 1.53. The number of para-hydroxylation sites is 2. The van der Waals surface area contributed by atoms with Crippen molar-refractivity contribution in [2.45, 2.75) is 0 Å². The molecule has 5 heteroatoms. The minimum atomic E-state index is -0.360. The SMILES string of the molecule is O=C(Nc1c(Br)cccc1Br)c1ccccc1O. The van der Waals surface area contributed by atoms with Crippen molar-refractivity contribution in [1.82, 2.24) is 0 Å². The number of aromatic hydroxyl groups is 1. The predicted octanol–water partition coefficient (Wildman–Crippen LogP) is 4.17. The van der Waals surface area contributed by atoms with Crippen molar-refractivity contribution in [3.8, 4) is 5.75 Å². The van der Waals surface area contributed by atoms with E-state index in [2.05, 4.69) is 37.2 Å². The van der Waals surface area contributed by atoms with Crippen LogP contribution in [0.25, 0.3) is 0 Å². The molecule has 0 saturated heterocycles. The lowest BCUT2D eigenvalue weighted by atomic mass is 10.2. The van der Waals surface area contributed by atoms with Gasteiger partial charge in [-0.05, 0) is 56.1 Å². The monoisotopic (exact) mass is 369 g/mol. The fraction of sp³-hybridized carbons (Fsp3) is 0. The van der Waals surface area contributed by atoms with Crippen molar-refractivity contribution in [1.29, 1.82) is 0 Å². The van der Waals surface area contributed by atoms with Crippen LogP contribution in [-0.2, 0) is 0 Å². The summed E-state index contributed by atoms with van der Waals surface area (Å²) in [5.41, 5.74) is 0.867. The molecule has 0 bridgehead atoms. The maximum atomic E-state index is 12.0. The number of phenolic OH excluding ortho intramolecular Hbond substituents is 1. The standard InChI is InChI=1S/C13H9Br2NO2/c14-9-5-3-6-10(15)12(9)16-13(18)8-4-1-2-7-11(8)17/h1-7,17H,(H,16,18). The Hall–Kier alpha value is -1.33. The molecular weight excluding hydrogens is 362 g/mol. The number of benzene rings is 2. The first-order valence-corrected chi connectivity index (χ1v) is 6.71. The van der Waals surface area contributed by atoms with Crippen molar-refractivity contribution >= 4 is 43.5 Å². The number of anilines is 1. The quantitative estimate of drug-likeness (QED) is 0.833. The van der Waals surface area contributed by atoms with E-state index in [-0.39, 0.29) is 17.2 Å². The zero-order valence-corrected chi connectivity index (χ0v) is 12.3. The normalized spacial score (nSPS) is 10.1. The minimum absolute atomic E-state index is 0.0434. The van der Waals surface area contributed by atoms with E-state index in [9.17, 15) is 9.90 Å². The van der Waals surface area contributed by atoms with Gasteiger partial charge in [-0.3, -0.25) is 4.79 Å². The average molecular weight is 371 g/mol. The first kappa shape index (κ1) is 13.1. The highest BCUT2D eigenvalue weighted by Crippen LogP contribution is 2.31. The van der Waals surface area contributed by atoms with Crippen molar-refractivity contribution in [3.63, 3.8) is 0 Å². The summed E-state index contributed by atoms with van der Waals surface area (Å²) in [6.45, 7) is 0. The van der Waals surface area contributed by atoms with Crippen LogP contribution in [0.2, 0.25) is 0 Å². The molecule has 0 heterocycles. The second-order valence-electron chi connectivity index (χ2n) is 3.57. The Balaban J connectivity index is 2.30. The van der Waals surface area contributed by atoms with Gasteiger partial charge in [0.1, 0.15) is 5.75 Å². The third kappa shape index (κ3) is 2.73. The van der Waals surface area contributed by atoms with Gasteiger partial charge in [0.2, 0.25) is 0 Å². The summed E-state index contributed by atoms with van der Waals surface area (Å²) in [4.78, 5) is 12.0. The lowest BCUT2D eigenvalue weighted by molar-refractivity contribution is 0.102. The maximum Gasteiger partial charge on any atom is 0.259 e. The lowest BCUT2D eigenvalue weighted by Crippen LogP contribution is -2.12. The molecule has 0 unspecified atom stereocenters. The highest BCUT2D eigenvalue weighted by Gasteiger charge is 2.13. The summed E-state index contributed by atoms with van der Waals surface area (Å²) in [6.07, 6.45) is 0. The molecule has 0 aliphatic heterocycles. The largest absolute Gasteiger partial charge is 0.507 e. The van der Waals surface area contributed by atoms with Gasteiger partial charge in [0, 0.05) is 8.95 Å². The summed E-state index contributed by atoms with van der Waals surface area (Å²) in [6, 6.07) is 11.9. The molecule has 3 nitrogen and oxygen atoms in total. The number of nitrogens with one attached hydrogen (secondary N) is 1. The second kappa shape index (κ2) is 5.54. The fourth-order valence-electron chi connectivity index (χ4n) is 1.46. The molecule has 0 fully saturated rings. The van der Waals surface area contributed by atoms with Crippen LogP contribution in [0.3, 0.4) is 0 Å². The van der Waals surface area contributed by atoms with Gasteiger partial charge in [0.25, 0.3) is 5.91 Å². The van der Waals surface area contributed by atoms with Crippen LogP contribution in [0.4, 0.5) is 5.69 Å². The topological polar surface area (TPSA) is 49.3 Å². The lowest BCUT2D eigenvalue weighted by Gasteiger charge is -2.10. The van der Waals surface area contributed by atoms with Gasteiger partial charge >= 0.3 is 0 Å². The third-order valence-electron chi connectivity index (χ3n) is 2.35. The zero-order chi connectivity index (χ0) is 13.1. The number of hydrogen-bond donors (Lipinski definition) is 2. The highest BCUT2D eigenvalue weighted by molar-refractivity contribution is 9.11. The van der Waals surface area contributed by atoms with Gasteiger partial charge in [-0.2, -0.15) is 0 Å². The molecule has 2 aromatic rings. The molecule has 0 atom stereocenters. The summed E-state index contributed by atoms with van der Waals surface area (Å²) in [5.74, 6) is -0.404. The molecule has 0 spiro atoms. The van der Waals surface area contributed by atoms with Crippen LogP contribution in [0.5, 0.6) is 5.75 Å². The van der Waals surface area contributed by atoms with E-state index in [1.807, 2.05) is 18.2 Å². The van der Waals surface area contributed by atoms with Crippen LogP contribution >= 0.6 is 31.9 Å². The number of carbonyl (C=O) groups is 1. The number of halogens is 2. The van der Waals surface area contributed by atoms with Crippen molar-refractivity contribution in [2.24, 2.45) is 0 Å². The number of hydrogen-bond acceptors (Lipinski definition) is 2. The Morgan fingerprint density at radius 2 is 1.61 bits per heavy atom. The van der Waals surface area contributed by atoms with Crippen molar-refractivity contribution in [3.05, 3.63) is 57.0 Å². The molecule has 0 aliphatic rings. The smallest absolute Gasteiger partial charge is 0.259 e. The number of carbonyl (C=O) groups excluding carboxylic acids is 1. The van der Waals surface area contributed by atoms with Crippen LogP contribution in [-0.4, -0.2) is 11.0 Å². The summed E-state index contributed by atoms with van der Waals surface area (Å²) in [5, 5.41) is 12.4. The Labute approximate surface area is 121 Å². The van der Waals surface area contributed by atoms with Crippen molar-refractivity contribution < 1.29 is 9.90 Å².